The second kappa shape index (κ2) is 9.91. The third-order valence-electron chi connectivity index (χ3n) is 8.22. The van der Waals surface area contributed by atoms with Crippen molar-refractivity contribution in [3.63, 3.8) is 0 Å². The quantitative estimate of drug-likeness (QED) is 0.333. The number of carbonyl (C=O) groups is 1. The van der Waals surface area contributed by atoms with Crippen LogP contribution in [-0.4, -0.2) is 18.2 Å². The molecule has 0 radical (unpaired) electrons. The molecule has 2 fully saturated rings. The Kier molecular flexibility index (Phi) is 6.51. The third kappa shape index (κ3) is 4.59. The van der Waals surface area contributed by atoms with Crippen LogP contribution in [0.15, 0.2) is 72.8 Å². The summed E-state index contributed by atoms with van der Waals surface area (Å²) >= 11 is 7.78. The van der Waals surface area contributed by atoms with E-state index >= 15 is 0 Å². The molecule has 2 bridgehead atoms. The molecule has 0 unspecified atom stereocenters. The molecule has 3 aliphatic rings. The standard InChI is InChI=1S/C30H31ClN2OS/c31-24-11-6-19(7-12-24)18-35-15-14-32-30(34)23-10-13-26-25(17-23)27-21-8-9-22(16-21)28(27)29(33-26)20-4-2-1-3-5-20/h1-7,10-13,17,21-22,27-29,33H,8-9,14-16,18H2,(H,32,34)/t21-,22-,27-,28+,29-/m0/s1. The van der Waals surface area contributed by atoms with Crippen LogP contribution in [0.2, 0.25) is 5.02 Å². The first-order valence-corrected chi connectivity index (χ1v) is 14.3. The number of halogens is 1. The fraction of sp³-hybridized carbons (Fsp3) is 0.367. The molecule has 1 amide bonds. The molecule has 6 rings (SSSR count). The molecule has 180 valence electrons. The van der Waals surface area contributed by atoms with Gasteiger partial charge >= 0.3 is 0 Å². The Labute approximate surface area is 217 Å². The van der Waals surface area contributed by atoms with E-state index in [1.54, 1.807) is 0 Å². The Hall–Kier alpha value is -2.43. The first-order valence-electron chi connectivity index (χ1n) is 12.7. The average molecular weight is 503 g/mol. The van der Waals surface area contributed by atoms with Gasteiger partial charge in [0, 0.05) is 34.3 Å². The number of amides is 1. The molecule has 0 saturated heterocycles. The topological polar surface area (TPSA) is 41.1 Å². The summed E-state index contributed by atoms with van der Waals surface area (Å²) in [4.78, 5) is 13.0. The summed E-state index contributed by atoms with van der Waals surface area (Å²) < 4.78 is 0. The summed E-state index contributed by atoms with van der Waals surface area (Å²) in [5.74, 6) is 4.54. The maximum absolute atomic E-state index is 13.0. The molecule has 1 heterocycles. The maximum atomic E-state index is 13.0. The van der Waals surface area contributed by atoms with Crippen LogP contribution in [0.5, 0.6) is 0 Å². The minimum absolute atomic E-state index is 0.0322. The van der Waals surface area contributed by atoms with E-state index in [4.69, 9.17) is 11.6 Å². The van der Waals surface area contributed by atoms with Crippen LogP contribution in [0, 0.1) is 17.8 Å². The van der Waals surface area contributed by atoms with Crippen molar-refractivity contribution in [2.75, 3.05) is 17.6 Å². The van der Waals surface area contributed by atoms with Crippen LogP contribution >= 0.6 is 23.4 Å². The summed E-state index contributed by atoms with van der Waals surface area (Å²) in [5.41, 5.74) is 6.00. The highest BCUT2D eigenvalue weighted by Gasteiger charge is 2.53. The van der Waals surface area contributed by atoms with E-state index in [0.717, 1.165) is 33.9 Å². The number of rotatable bonds is 7. The van der Waals surface area contributed by atoms with Gasteiger partial charge in [0.1, 0.15) is 0 Å². The van der Waals surface area contributed by atoms with E-state index in [1.165, 1.54) is 41.6 Å². The summed E-state index contributed by atoms with van der Waals surface area (Å²) in [6.45, 7) is 0.666. The lowest BCUT2D eigenvalue weighted by Crippen LogP contribution is -2.35. The fourth-order valence-corrected chi connectivity index (χ4v) is 7.67. The van der Waals surface area contributed by atoms with E-state index in [0.29, 0.717) is 24.4 Å². The Morgan fingerprint density at radius 2 is 1.80 bits per heavy atom. The lowest BCUT2D eigenvalue weighted by Gasteiger charge is -2.43. The van der Waals surface area contributed by atoms with Gasteiger partial charge in [0.15, 0.2) is 0 Å². The minimum atomic E-state index is 0.0322. The Morgan fingerprint density at radius 3 is 2.63 bits per heavy atom. The molecule has 0 spiro atoms. The van der Waals surface area contributed by atoms with Gasteiger partial charge in [-0.2, -0.15) is 11.8 Å². The smallest absolute Gasteiger partial charge is 0.251 e. The Morgan fingerprint density at radius 1 is 1.00 bits per heavy atom. The molecule has 5 atom stereocenters. The number of hydrogen-bond donors (Lipinski definition) is 2. The predicted molar refractivity (Wildman–Crippen MR) is 146 cm³/mol. The monoisotopic (exact) mass is 502 g/mol. The molecular formula is C30H31ClN2OS. The molecule has 3 aromatic carbocycles. The number of anilines is 1. The zero-order chi connectivity index (χ0) is 23.8. The van der Waals surface area contributed by atoms with E-state index in [9.17, 15) is 4.79 Å². The van der Waals surface area contributed by atoms with Gasteiger partial charge in [-0.25, -0.2) is 0 Å². The largest absolute Gasteiger partial charge is 0.378 e. The van der Waals surface area contributed by atoms with Crippen LogP contribution in [-0.2, 0) is 5.75 Å². The maximum Gasteiger partial charge on any atom is 0.251 e. The van der Waals surface area contributed by atoms with E-state index in [1.807, 2.05) is 30.0 Å². The van der Waals surface area contributed by atoms with Gasteiger partial charge < -0.3 is 10.6 Å². The second-order valence-corrected chi connectivity index (χ2v) is 11.7. The zero-order valence-corrected chi connectivity index (χ0v) is 21.3. The molecule has 0 aromatic heterocycles. The normalized spacial score (nSPS) is 26.0. The predicted octanol–water partition coefficient (Wildman–Crippen LogP) is 7.30. The molecule has 3 aromatic rings. The molecule has 5 heteroatoms. The zero-order valence-electron chi connectivity index (χ0n) is 19.8. The first-order chi connectivity index (χ1) is 17.2. The van der Waals surface area contributed by atoms with Gasteiger partial charge in [0.25, 0.3) is 5.91 Å². The van der Waals surface area contributed by atoms with Crippen LogP contribution < -0.4 is 10.6 Å². The van der Waals surface area contributed by atoms with Gasteiger partial charge in [0.05, 0.1) is 6.04 Å². The van der Waals surface area contributed by atoms with Gasteiger partial charge in [-0.05, 0) is 90.0 Å². The Bertz CT molecular complexity index is 1200. The van der Waals surface area contributed by atoms with E-state index in [2.05, 4.69) is 65.2 Å². The van der Waals surface area contributed by atoms with Crippen molar-refractivity contribution in [3.05, 3.63) is 100 Å². The average Bonchev–Trinajstić information content (AvgIpc) is 3.52. The minimum Gasteiger partial charge on any atom is -0.378 e. The van der Waals surface area contributed by atoms with Crippen LogP contribution in [0.25, 0.3) is 0 Å². The lowest BCUT2D eigenvalue weighted by atomic mass is 9.68. The molecule has 2 N–H and O–H groups in total. The van der Waals surface area contributed by atoms with Crippen molar-refractivity contribution in [1.82, 2.24) is 5.32 Å². The van der Waals surface area contributed by atoms with Crippen LogP contribution in [0.3, 0.4) is 0 Å². The van der Waals surface area contributed by atoms with Crippen molar-refractivity contribution in [2.45, 2.75) is 37.0 Å². The van der Waals surface area contributed by atoms with Crippen molar-refractivity contribution in [2.24, 2.45) is 17.8 Å². The third-order valence-corrected chi connectivity index (χ3v) is 9.50. The van der Waals surface area contributed by atoms with Crippen LogP contribution in [0.1, 0.15) is 58.3 Å². The number of benzene rings is 3. The number of thioether (sulfide) groups is 1. The Balaban J connectivity index is 1.13. The van der Waals surface area contributed by atoms with Gasteiger partial charge in [-0.1, -0.05) is 54.1 Å². The molecule has 2 saturated carbocycles. The van der Waals surface area contributed by atoms with Crippen molar-refractivity contribution in [3.8, 4) is 0 Å². The van der Waals surface area contributed by atoms with Gasteiger partial charge in [-0.15, -0.1) is 0 Å². The van der Waals surface area contributed by atoms with Crippen molar-refractivity contribution in [1.29, 1.82) is 0 Å². The molecular weight excluding hydrogens is 472 g/mol. The number of nitrogens with one attached hydrogen (secondary N) is 2. The number of carbonyl (C=O) groups excluding carboxylic acids is 1. The highest BCUT2D eigenvalue weighted by molar-refractivity contribution is 7.98. The molecule has 2 aliphatic carbocycles. The summed E-state index contributed by atoms with van der Waals surface area (Å²) in [7, 11) is 0. The number of hydrogen-bond acceptors (Lipinski definition) is 3. The van der Waals surface area contributed by atoms with E-state index in [-0.39, 0.29) is 5.91 Å². The SMILES string of the molecule is O=C(NCCSCc1ccc(Cl)cc1)c1ccc2c(c1)[C@@H]1[C@H]3CC[C@@H](C3)[C@H]1[C@H](c1ccccc1)N2. The molecule has 1 aliphatic heterocycles. The van der Waals surface area contributed by atoms with E-state index < -0.39 is 0 Å². The highest BCUT2D eigenvalue weighted by Crippen LogP contribution is 2.63. The summed E-state index contributed by atoms with van der Waals surface area (Å²) in [6.07, 6.45) is 4.01. The summed E-state index contributed by atoms with van der Waals surface area (Å²) in [6, 6.07) is 25.5. The molecule has 35 heavy (non-hydrogen) atoms. The lowest BCUT2D eigenvalue weighted by molar-refractivity contribution is 0.0956. The molecule has 3 nitrogen and oxygen atoms in total. The highest BCUT2D eigenvalue weighted by atomic mass is 35.5. The van der Waals surface area contributed by atoms with Crippen molar-refractivity contribution >= 4 is 35.0 Å². The fourth-order valence-electron chi connectivity index (χ4n) is 6.73. The second-order valence-electron chi connectivity index (χ2n) is 10.2. The number of fused-ring (bicyclic) bond motifs is 7. The van der Waals surface area contributed by atoms with Gasteiger partial charge in [-0.3, -0.25) is 4.79 Å². The summed E-state index contributed by atoms with van der Waals surface area (Å²) in [5, 5.41) is 7.76. The first kappa shape index (κ1) is 23.0. The van der Waals surface area contributed by atoms with Gasteiger partial charge in [0.2, 0.25) is 0 Å². The van der Waals surface area contributed by atoms with Crippen LogP contribution in [0.4, 0.5) is 5.69 Å². The van der Waals surface area contributed by atoms with Crippen molar-refractivity contribution < 1.29 is 4.79 Å².